The van der Waals surface area contributed by atoms with Crippen LogP contribution in [0.3, 0.4) is 0 Å². The molecule has 2 aliphatic carbocycles. The van der Waals surface area contributed by atoms with E-state index in [1.54, 1.807) is 0 Å². The smallest absolute Gasteiger partial charge is 0.163 e. The van der Waals surface area contributed by atoms with E-state index in [1.165, 1.54) is 43.7 Å². The first-order chi connectivity index (χ1) is 15.3. The second kappa shape index (κ2) is 11.4. The van der Waals surface area contributed by atoms with Gasteiger partial charge in [-0.25, -0.2) is 0 Å². The van der Waals surface area contributed by atoms with Crippen molar-refractivity contribution < 1.29 is 14.4 Å². The topological polar surface area (TPSA) is 51.2 Å². The van der Waals surface area contributed by atoms with E-state index < -0.39 is 0 Å². The van der Waals surface area contributed by atoms with Gasteiger partial charge in [-0.2, -0.15) is 0 Å². The largest absolute Gasteiger partial charge is 0.300 e. The third-order valence-corrected chi connectivity index (χ3v) is 7.99. The Morgan fingerprint density at radius 3 is 2.41 bits per heavy atom. The summed E-state index contributed by atoms with van der Waals surface area (Å²) in [5.41, 5.74) is 4.80. The average Bonchev–Trinajstić information content (AvgIpc) is 3.23. The molecule has 0 aromatic heterocycles. The summed E-state index contributed by atoms with van der Waals surface area (Å²) in [4.78, 5) is 37.6. The highest BCUT2D eigenvalue weighted by atomic mass is 16.1. The van der Waals surface area contributed by atoms with Crippen molar-refractivity contribution in [1.82, 2.24) is 0 Å². The Morgan fingerprint density at radius 1 is 1.06 bits per heavy atom. The Morgan fingerprint density at radius 2 is 1.78 bits per heavy atom. The second-order valence-electron chi connectivity index (χ2n) is 10.6. The van der Waals surface area contributed by atoms with Crippen molar-refractivity contribution in [1.29, 1.82) is 0 Å². The highest BCUT2D eigenvalue weighted by Gasteiger charge is 2.34. The van der Waals surface area contributed by atoms with Gasteiger partial charge in [0.1, 0.15) is 11.6 Å². The predicted molar refractivity (Wildman–Crippen MR) is 130 cm³/mol. The summed E-state index contributed by atoms with van der Waals surface area (Å²) < 4.78 is 0. The molecule has 0 bridgehead atoms. The van der Waals surface area contributed by atoms with Gasteiger partial charge in [-0.15, -0.1) is 0 Å². The summed E-state index contributed by atoms with van der Waals surface area (Å²) >= 11 is 0. The number of carbonyl (C=O) groups is 3. The van der Waals surface area contributed by atoms with Crippen LogP contribution >= 0.6 is 0 Å². The lowest BCUT2D eigenvalue weighted by Crippen LogP contribution is -2.30. The summed E-state index contributed by atoms with van der Waals surface area (Å²) in [6, 6.07) is 4.42. The SMILES string of the molecule is CCCC(CC1CC(=O)c2c(C)ccc(CC3CCCC3)c2C1)C(CC)C(=O)CC(C)=O. The van der Waals surface area contributed by atoms with Crippen LogP contribution in [0.1, 0.15) is 112 Å². The first-order valence-electron chi connectivity index (χ1n) is 13.0. The molecule has 32 heavy (non-hydrogen) atoms. The molecule has 3 nitrogen and oxygen atoms in total. The maximum atomic E-state index is 13.3. The standard InChI is InChI=1S/C29H42O3/c1-5-9-23(25(6-2)27(31)14-20(4)30)16-22-17-26-24(15-21-10-7-8-11-21)13-12-19(3)29(26)28(32)18-22/h12-13,21-23,25H,5-11,14-18H2,1-4H3. The lowest BCUT2D eigenvalue weighted by atomic mass is 9.71. The predicted octanol–water partition coefficient (Wildman–Crippen LogP) is 6.85. The lowest BCUT2D eigenvalue weighted by molar-refractivity contribution is -0.129. The highest BCUT2D eigenvalue weighted by Crippen LogP contribution is 2.39. The summed E-state index contributed by atoms with van der Waals surface area (Å²) in [5.74, 6) is 1.61. The molecular formula is C29H42O3. The van der Waals surface area contributed by atoms with Crippen LogP contribution in [-0.4, -0.2) is 17.3 Å². The highest BCUT2D eigenvalue weighted by molar-refractivity contribution is 6.00. The molecule has 0 aliphatic heterocycles. The van der Waals surface area contributed by atoms with Crippen molar-refractivity contribution in [3.8, 4) is 0 Å². The Hall–Kier alpha value is -1.77. The monoisotopic (exact) mass is 438 g/mol. The number of ketones is 3. The molecule has 0 spiro atoms. The first kappa shape index (κ1) is 24.9. The van der Waals surface area contributed by atoms with Gasteiger partial charge in [-0.3, -0.25) is 14.4 Å². The molecule has 2 aliphatic rings. The molecule has 0 N–H and O–H groups in total. The van der Waals surface area contributed by atoms with E-state index in [4.69, 9.17) is 0 Å². The molecule has 176 valence electrons. The number of fused-ring (bicyclic) bond motifs is 1. The summed E-state index contributed by atoms with van der Waals surface area (Å²) in [5, 5.41) is 0. The maximum Gasteiger partial charge on any atom is 0.163 e. The van der Waals surface area contributed by atoms with Gasteiger partial charge < -0.3 is 0 Å². The van der Waals surface area contributed by atoms with E-state index in [0.29, 0.717) is 18.1 Å². The molecule has 1 aromatic rings. The molecule has 3 heteroatoms. The molecular weight excluding hydrogens is 396 g/mol. The number of aryl methyl sites for hydroxylation is 1. The van der Waals surface area contributed by atoms with Gasteiger partial charge in [0.2, 0.25) is 0 Å². The number of carbonyl (C=O) groups excluding carboxylic acids is 3. The van der Waals surface area contributed by atoms with Crippen LogP contribution in [0.25, 0.3) is 0 Å². The zero-order valence-corrected chi connectivity index (χ0v) is 20.7. The van der Waals surface area contributed by atoms with Crippen molar-refractivity contribution in [2.75, 3.05) is 0 Å². The Bertz CT molecular complexity index is 831. The van der Waals surface area contributed by atoms with Crippen molar-refractivity contribution >= 4 is 17.3 Å². The van der Waals surface area contributed by atoms with Crippen molar-refractivity contribution in [2.24, 2.45) is 23.7 Å². The Labute approximate surface area is 194 Å². The molecule has 1 aromatic carbocycles. The summed E-state index contributed by atoms with van der Waals surface area (Å²) in [6.45, 7) is 7.81. The van der Waals surface area contributed by atoms with E-state index in [-0.39, 0.29) is 29.8 Å². The van der Waals surface area contributed by atoms with Crippen LogP contribution in [-0.2, 0) is 22.4 Å². The van der Waals surface area contributed by atoms with E-state index >= 15 is 0 Å². The van der Waals surface area contributed by atoms with Gasteiger partial charge in [0.05, 0.1) is 6.42 Å². The molecule has 0 radical (unpaired) electrons. The van der Waals surface area contributed by atoms with E-state index in [0.717, 1.165) is 55.6 Å². The molecule has 1 fully saturated rings. The third-order valence-electron chi connectivity index (χ3n) is 7.99. The number of hydrogen-bond acceptors (Lipinski definition) is 3. The zero-order valence-electron chi connectivity index (χ0n) is 20.7. The number of rotatable bonds is 11. The molecule has 3 rings (SSSR count). The van der Waals surface area contributed by atoms with Crippen LogP contribution in [0.2, 0.25) is 0 Å². The minimum atomic E-state index is -0.0641. The zero-order chi connectivity index (χ0) is 23.3. The molecule has 0 heterocycles. The van der Waals surface area contributed by atoms with Gasteiger partial charge >= 0.3 is 0 Å². The minimum absolute atomic E-state index is 0.0440. The van der Waals surface area contributed by atoms with Crippen LogP contribution in [0.5, 0.6) is 0 Å². The quantitative estimate of drug-likeness (QED) is 0.355. The third kappa shape index (κ3) is 5.97. The Balaban J connectivity index is 1.81. The Kier molecular flexibility index (Phi) is 8.85. The van der Waals surface area contributed by atoms with Gasteiger partial charge in [0.15, 0.2) is 5.78 Å². The fourth-order valence-corrected chi connectivity index (χ4v) is 6.52. The van der Waals surface area contributed by atoms with Crippen LogP contribution in [0, 0.1) is 30.6 Å². The fraction of sp³-hybridized carbons (Fsp3) is 0.690. The van der Waals surface area contributed by atoms with Crippen LogP contribution in [0.15, 0.2) is 12.1 Å². The van der Waals surface area contributed by atoms with Crippen molar-refractivity contribution in [3.05, 3.63) is 34.4 Å². The number of Topliss-reactive ketones (excluding diaryl/α,β-unsaturated/α-hetero) is 3. The molecule has 3 unspecified atom stereocenters. The van der Waals surface area contributed by atoms with Crippen LogP contribution < -0.4 is 0 Å². The fourth-order valence-electron chi connectivity index (χ4n) is 6.52. The molecule has 1 saturated carbocycles. The van der Waals surface area contributed by atoms with E-state index in [2.05, 4.69) is 32.9 Å². The van der Waals surface area contributed by atoms with E-state index in [9.17, 15) is 14.4 Å². The van der Waals surface area contributed by atoms with Gasteiger partial charge in [0, 0.05) is 17.9 Å². The first-order valence-corrected chi connectivity index (χ1v) is 13.0. The van der Waals surface area contributed by atoms with Gasteiger partial charge in [0.25, 0.3) is 0 Å². The number of hydrogen-bond donors (Lipinski definition) is 0. The van der Waals surface area contributed by atoms with E-state index in [1.807, 2.05) is 0 Å². The van der Waals surface area contributed by atoms with Crippen molar-refractivity contribution in [3.63, 3.8) is 0 Å². The van der Waals surface area contributed by atoms with Gasteiger partial charge in [-0.1, -0.05) is 64.5 Å². The van der Waals surface area contributed by atoms with Crippen molar-refractivity contribution in [2.45, 2.75) is 105 Å². The lowest BCUT2D eigenvalue weighted by Gasteiger charge is -2.33. The maximum absolute atomic E-state index is 13.3. The summed E-state index contributed by atoms with van der Waals surface area (Å²) in [6.07, 6.45) is 11.7. The summed E-state index contributed by atoms with van der Waals surface area (Å²) in [7, 11) is 0. The van der Waals surface area contributed by atoms with Crippen LogP contribution in [0.4, 0.5) is 0 Å². The molecule has 0 saturated heterocycles. The second-order valence-corrected chi connectivity index (χ2v) is 10.6. The van der Waals surface area contributed by atoms with Gasteiger partial charge in [-0.05, 0) is 74.0 Å². The minimum Gasteiger partial charge on any atom is -0.300 e. The molecule has 3 atom stereocenters. The average molecular weight is 439 g/mol. The molecule has 0 amide bonds. The number of benzene rings is 1. The normalized spacial score (nSPS) is 20.8.